The molecule has 6 heteroatoms. The molecule has 0 aromatic heterocycles. The maximum Gasteiger partial charge on any atom is 0.317 e. The molecule has 0 heterocycles. The van der Waals surface area contributed by atoms with Crippen LogP contribution in [0.25, 0.3) is 0 Å². The molecule has 0 saturated heterocycles. The summed E-state index contributed by atoms with van der Waals surface area (Å²) in [5.74, 6) is -1.00. The first kappa shape index (κ1) is 13.8. The van der Waals surface area contributed by atoms with E-state index >= 15 is 0 Å². The van der Waals surface area contributed by atoms with Crippen LogP contribution in [0.2, 0.25) is 10.0 Å². The molecule has 1 atom stereocenters. The van der Waals surface area contributed by atoms with Crippen LogP contribution in [-0.2, 0) is 4.79 Å². The molecule has 0 spiro atoms. The number of halogens is 2. The molecule has 0 saturated carbocycles. The Morgan fingerprint density at radius 1 is 1.59 bits per heavy atom. The SMILES string of the molecule is CN(CC(=O)O)C(C#N)c1ccc(Cl)cc1Cl. The van der Waals surface area contributed by atoms with Gasteiger partial charge in [0.2, 0.25) is 0 Å². The number of rotatable bonds is 4. The highest BCUT2D eigenvalue weighted by Crippen LogP contribution is 2.28. The molecule has 0 radical (unpaired) electrons. The zero-order chi connectivity index (χ0) is 13.0. The normalized spacial score (nSPS) is 12.2. The first-order chi connectivity index (χ1) is 7.95. The van der Waals surface area contributed by atoms with Gasteiger partial charge < -0.3 is 5.11 Å². The standard InChI is InChI=1S/C11H10Cl2N2O2/c1-15(6-11(16)17)10(5-14)8-3-2-7(12)4-9(8)13/h2-4,10H,6H2,1H3,(H,16,17). The summed E-state index contributed by atoms with van der Waals surface area (Å²) in [7, 11) is 1.55. The molecule has 1 rings (SSSR count). The lowest BCUT2D eigenvalue weighted by Crippen LogP contribution is -2.29. The van der Waals surface area contributed by atoms with Gasteiger partial charge in [0.25, 0.3) is 0 Å². The molecule has 0 fully saturated rings. The van der Waals surface area contributed by atoms with Gasteiger partial charge in [0.15, 0.2) is 0 Å². The third-order valence-corrected chi connectivity index (χ3v) is 2.77. The van der Waals surface area contributed by atoms with Gasteiger partial charge >= 0.3 is 5.97 Å². The average Bonchev–Trinajstić information content (AvgIpc) is 2.21. The van der Waals surface area contributed by atoms with Crippen LogP contribution in [0.4, 0.5) is 0 Å². The molecule has 1 aromatic carbocycles. The lowest BCUT2D eigenvalue weighted by Gasteiger charge is -2.21. The van der Waals surface area contributed by atoms with Crippen molar-refractivity contribution >= 4 is 29.2 Å². The monoisotopic (exact) mass is 272 g/mol. The number of carboxylic acid groups (broad SMARTS) is 1. The van der Waals surface area contributed by atoms with Gasteiger partial charge in [0, 0.05) is 15.6 Å². The fraction of sp³-hybridized carbons (Fsp3) is 0.273. The summed E-state index contributed by atoms with van der Waals surface area (Å²) < 4.78 is 0. The van der Waals surface area contributed by atoms with Gasteiger partial charge in [-0.05, 0) is 19.2 Å². The summed E-state index contributed by atoms with van der Waals surface area (Å²) in [6.45, 7) is -0.239. The number of likely N-dealkylation sites (N-methyl/N-ethyl adjacent to an activating group) is 1. The Hall–Kier alpha value is -1.28. The van der Waals surface area contributed by atoms with Gasteiger partial charge in [0.1, 0.15) is 6.04 Å². The third-order valence-electron chi connectivity index (χ3n) is 2.20. The van der Waals surface area contributed by atoms with Crippen LogP contribution in [0, 0.1) is 11.3 Å². The van der Waals surface area contributed by atoms with E-state index in [1.54, 1.807) is 19.2 Å². The van der Waals surface area contributed by atoms with Crippen LogP contribution in [0.3, 0.4) is 0 Å². The second kappa shape index (κ2) is 5.87. The number of hydrogen-bond acceptors (Lipinski definition) is 3. The van der Waals surface area contributed by atoms with Crippen LogP contribution < -0.4 is 0 Å². The van der Waals surface area contributed by atoms with E-state index in [4.69, 9.17) is 33.6 Å². The maximum atomic E-state index is 10.6. The van der Waals surface area contributed by atoms with Crippen LogP contribution in [0.5, 0.6) is 0 Å². The van der Waals surface area contributed by atoms with Crippen LogP contribution in [0.15, 0.2) is 18.2 Å². The third kappa shape index (κ3) is 3.60. The van der Waals surface area contributed by atoms with Crippen LogP contribution in [-0.4, -0.2) is 29.6 Å². The molecule has 90 valence electrons. The minimum Gasteiger partial charge on any atom is -0.480 e. The van der Waals surface area contributed by atoms with Crippen molar-refractivity contribution in [2.45, 2.75) is 6.04 Å². The molecule has 17 heavy (non-hydrogen) atoms. The number of aliphatic carboxylic acids is 1. The number of benzene rings is 1. The molecular formula is C11H10Cl2N2O2. The van der Waals surface area contributed by atoms with Crippen molar-refractivity contribution in [3.8, 4) is 6.07 Å². The zero-order valence-electron chi connectivity index (χ0n) is 9.02. The quantitative estimate of drug-likeness (QED) is 0.915. The Morgan fingerprint density at radius 2 is 2.24 bits per heavy atom. The molecule has 0 aliphatic heterocycles. The largest absolute Gasteiger partial charge is 0.480 e. The fourth-order valence-corrected chi connectivity index (χ4v) is 1.95. The summed E-state index contributed by atoms with van der Waals surface area (Å²) in [5, 5.41) is 18.6. The number of nitriles is 1. The minimum absolute atomic E-state index is 0.239. The Balaban J connectivity index is 3.02. The molecule has 1 unspecified atom stereocenters. The molecule has 0 amide bonds. The van der Waals surface area contributed by atoms with E-state index < -0.39 is 12.0 Å². The molecule has 0 aliphatic rings. The van der Waals surface area contributed by atoms with Gasteiger partial charge in [0.05, 0.1) is 12.6 Å². The van der Waals surface area contributed by atoms with E-state index in [9.17, 15) is 4.79 Å². The molecule has 1 aromatic rings. The van der Waals surface area contributed by atoms with E-state index in [0.717, 1.165) is 0 Å². The lowest BCUT2D eigenvalue weighted by molar-refractivity contribution is -0.138. The van der Waals surface area contributed by atoms with Gasteiger partial charge in [-0.25, -0.2) is 0 Å². The predicted molar refractivity (Wildman–Crippen MR) is 65.1 cm³/mol. The van der Waals surface area contributed by atoms with E-state index in [1.165, 1.54) is 11.0 Å². The first-order valence-corrected chi connectivity index (χ1v) is 5.48. The highest BCUT2D eigenvalue weighted by atomic mass is 35.5. The molecule has 1 N–H and O–H groups in total. The summed E-state index contributed by atoms with van der Waals surface area (Å²) in [6, 6.07) is 6.07. The number of carbonyl (C=O) groups is 1. The topological polar surface area (TPSA) is 64.3 Å². The first-order valence-electron chi connectivity index (χ1n) is 4.72. The van der Waals surface area contributed by atoms with Crippen molar-refractivity contribution in [3.05, 3.63) is 33.8 Å². The van der Waals surface area contributed by atoms with Crippen molar-refractivity contribution in [2.24, 2.45) is 0 Å². The van der Waals surface area contributed by atoms with E-state index in [2.05, 4.69) is 0 Å². The number of nitrogens with zero attached hydrogens (tertiary/aromatic N) is 2. The highest BCUT2D eigenvalue weighted by molar-refractivity contribution is 6.35. The van der Waals surface area contributed by atoms with Gasteiger partial charge in [-0.2, -0.15) is 5.26 Å². The summed E-state index contributed by atoms with van der Waals surface area (Å²) in [4.78, 5) is 12.0. The number of hydrogen-bond donors (Lipinski definition) is 1. The zero-order valence-corrected chi connectivity index (χ0v) is 10.5. The Morgan fingerprint density at radius 3 is 2.71 bits per heavy atom. The lowest BCUT2D eigenvalue weighted by atomic mass is 10.1. The maximum absolute atomic E-state index is 10.6. The summed E-state index contributed by atoms with van der Waals surface area (Å²) in [6.07, 6.45) is 0. The van der Waals surface area contributed by atoms with Crippen LogP contribution >= 0.6 is 23.2 Å². The molecule has 4 nitrogen and oxygen atoms in total. The van der Waals surface area contributed by atoms with Crippen LogP contribution in [0.1, 0.15) is 11.6 Å². The van der Waals surface area contributed by atoms with Gasteiger partial charge in [-0.1, -0.05) is 29.3 Å². The molecule has 0 bridgehead atoms. The van der Waals surface area contributed by atoms with E-state index in [-0.39, 0.29) is 6.54 Å². The fourth-order valence-electron chi connectivity index (χ4n) is 1.43. The summed E-state index contributed by atoms with van der Waals surface area (Å²) in [5.41, 5.74) is 0.544. The summed E-state index contributed by atoms with van der Waals surface area (Å²) >= 11 is 11.7. The van der Waals surface area contributed by atoms with Crippen molar-refractivity contribution in [2.75, 3.05) is 13.6 Å². The molecule has 0 aliphatic carbocycles. The predicted octanol–water partition coefficient (Wildman–Crippen LogP) is 2.57. The second-order valence-corrected chi connectivity index (χ2v) is 4.35. The smallest absolute Gasteiger partial charge is 0.317 e. The number of carboxylic acids is 1. The van der Waals surface area contributed by atoms with Crippen molar-refractivity contribution in [1.82, 2.24) is 4.90 Å². The van der Waals surface area contributed by atoms with E-state index in [1.807, 2.05) is 6.07 Å². The highest BCUT2D eigenvalue weighted by Gasteiger charge is 2.20. The average molecular weight is 273 g/mol. The van der Waals surface area contributed by atoms with Crippen molar-refractivity contribution < 1.29 is 9.90 Å². The Bertz CT molecular complexity index is 471. The Kier molecular flexibility index (Phi) is 4.76. The Labute approximate surface area is 109 Å². The van der Waals surface area contributed by atoms with Crippen molar-refractivity contribution in [1.29, 1.82) is 5.26 Å². The van der Waals surface area contributed by atoms with Gasteiger partial charge in [-0.15, -0.1) is 0 Å². The van der Waals surface area contributed by atoms with Crippen molar-refractivity contribution in [3.63, 3.8) is 0 Å². The second-order valence-electron chi connectivity index (χ2n) is 3.51. The van der Waals surface area contributed by atoms with E-state index in [0.29, 0.717) is 15.6 Å². The van der Waals surface area contributed by atoms with Gasteiger partial charge in [-0.3, -0.25) is 9.69 Å². The minimum atomic E-state index is -1.00. The molecular weight excluding hydrogens is 263 g/mol.